The van der Waals surface area contributed by atoms with Crippen LogP contribution in [0.4, 0.5) is 11.4 Å². The number of hydrogen-bond acceptors (Lipinski definition) is 3. The van der Waals surface area contributed by atoms with Crippen LogP contribution >= 0.6 is 11.6 Å². The molecular formula is C15H21ClN2O2. The van der Waals surface area contributed by atoms with Crippen molar-refractivity contribution in [2.45, 2.75) is 38.5 Å². The molecular weight excluding hydrogens is 276 g/mol. The largest absolute Gasteiger partial charge is 0.366 e. The maximum absolute atomic E-state index is 11.3. The van der Waals surface area contributed by atoms with Crippen molar-refractivity contribution in [1.29, 1.82) is 0 Å². The van der Waals surface area contributed by atoms with Crippen LogP contribution in [0, 0.1) is 16.0 Å². The predicted octanol–water partition coefficient (Wildman–Crippen LogP) is 4.35. The van der Waals surface area contributed by atoms with Crippen LogP contribution in [-0.2, 0) is 5.88 Å². The third-order valence-electron chi connectivity index (χ3n) is 4.16. The van der Waals surface area contributed by atoms with Gasteiger partial charge in [-0.1, -0.05) is 19.4 Å². The highest BCUT2D eigenvalue weighted by Gasteiger charge is 2.22. The van der Waals surface area contributed by atoms with Crippen molar-refractivity contribution < 1.29 is 4.92 Å². The number of nitro groups is 1. The lowest BCUT2D eigenvalue weighted by Crippen LogP contribution is -2.25. The first-order chi connectivity index (χ1) is 9.65. The van der Waals surface area contributed by atoms with Crippen LogP contribution in [-0.4, -0.2) is 18.0 Å². The van der Waals surface area contributed by atoms with E-state index in [1.165, 1.54) is 12.8 Å². The summed E-state index contributed by atoms with van der Waals surface area (Å²) in [5.41, 5.74) is 1.71. The molecule has 0 aromatic heterocycles. The van der Waals surface area contributed by atoms with E-state index in [1.807, 2.05) is 12.1 Å². The molecule has 20 heavy (non-hydrogen) atoms. The molecule has 1 atom stereocenters. The van der Waals surface area contributed by atoms with Crippen LogP contribution < -0.4 is 4.90 Å². The van der Waals surface area contributed by atoms with Gasteiger partial charge >= 0.3 is 0 Å². The standard InChI is InChI=1S/C15H21ClN2O2/c1-2-12-4-3-8-17(9-7-12)14-6-5-13(11-16)10-15(14)18(19)20/h5-6,10,12H,2-4,7-9,11H2,1H3. The fourth-order valence-corrected chi connectivity index (χ4v) is 3.05. The highest BCUT2D eigenvalue weighted by atomic mass is 35.5. The molecule has 110 valence electrons. The van der Waals surface area contributed by atoms with E-state index in [0.717, 1.165) is 43.1 Å². The van der Waals surface area contributed by atoms with Gasteiger partial charge in [-0.15, -0.1) is 11.6 Å². The Kier molecular flexibility index (Phi) is 5.24. The van der Waals surface area contributed by atoms with Crippen molar-refractivity contribution in [3.63, 3.8) is 0 Å². The van der Waals surface area contributed by atoms with Crippen LogP contribution in [0.2, 0.25) is 0 Å². The predicted molar refractivity (Wildman–Crippen MR) is 82.5 cm³/mol. The van der Waals surface area contributed by atoms with Gasteiger partial charge < -0.3 is 4.90 Å². The molecule has 5 heteroatoms. The number of halogens is 1. The quantitative estimate of drug-likeness (QED) is 0.471. The Morgan fingerprint density at radius 2 is 2.20 bits per heavy atom. The van der Waals surface area contributed by atoms with Gasteiger partial charge in [0.2, 0.25) is 0 Å². The number of benzene rings is 1. The van der Waals surface area contributed by atoms with E-state index in [-0.39, 0.29) is 10.6 Å². The Bertz CT molecular complexity index is 479. The minimum atomic E-state index is -0.298. The Hall–Kier alpha value is -1.29. The molecule has 0 amide bonds. The van der Waals surface area contributed by atoms with Gasteiger partial charge in [0.1, 0.15) is 5.69 Å². The van der Waals surface area contributed by atoms with Crippen LogP contribution in [0.15, 0.2) is 18.2 Å². The highest BCUT2D eigenvalue weighted by Crippen LogP contribution is 2.32. The molecule has 0 radical (unpaired) electrons. The Morgan fingerprint density at radius 3 is 2.85 bits per heavy atom. The van der Waals surface area contributed by atoms with E-state index in [4.69, 9.17) is 11.6 Å². The van der Waals surface area contributed by atoms with E-state index in [2.05, 4.69) is 11.8 Å². The van der Waals surface area contributed by atoms with Gasteiger partial charge in [0.15, 0.2) is 0 Å². The van der Waals surface area contributed by atoms with Crippen molar-refractivity contribution in [3.8, 4) is 0 Å². The zero-order valence-electron chi connectivity index (χ0n) is 11.8. The first-order valence-electron chi connectivity index (χ1n) is 7.24. The van der Waals surface area contributed by atoms with Crippen LogP contribution in [0.1, 0.15) is 38.2 Å². The number of alkyl halides is 1. The van der Waals surface area contributed by atoms with Crippen molar-refractivity contribution in [2.75, 3.05) is 18.0 Å². The zero-order valence-corrected chi connectivity index (χ0v) is 12.6. The summed E-state index contributed by atoms with van der Waals surface area (Å²) < 4.78 is 0. The van der Waals surface area contributed by atoms with E-state index in [9.17, 15) is 10.1 Å². The first kappa shape index (κ1) is 15.1. The number of anilines is 1. The minimum Gasteiger partial charge on any atom is -0.366 e. The molecule has 4 nitrogen and oxygen atoms in total. The number of rotatable bonds is 4. The van der Waals surface area contributed by atoms with Crippen molar-refractivity contribution in [2.24, 2.45) is 5.92 Å². The molecule has 0 bridgehead atoms. The maximum Gasteiger partial charge on any atom is 0.292 e. The second kappa shape index (κ2) is 6.93. The number of hydrogen-bond donors (Lipinski definition) is 0. The van der Waals surface area contributed by atoms with Gasteiger partial charge in [-0.25, -0.2) is 0 Å². The lowest BCUT2D eigenvalue weighted by atomic mass is 9.98. The summed E-state index contributed by atoms with van der Waals surface area (Å²) in [5, 5.41) is 11.3. The first-order valence-corrected chi connectivity index (χ1v) is 7.77. The number of nitro benzene ring substituents is 1. The molecule has 0 saturated carbocycles. The van der Waals surface area contributed by atoms with Crippen molar-refractivity contribution in [1.82, 2.24) is 0 Å². The Balaban J connectivity index is 2.25. The summed E-state index contributed by atoms with van der Waals surface area (Å²) in [5.74, 6) is 1.06. The summed E-state index contributed by atoms with van der Waals surface area (Å²) >= 11 is 5.77. The normalized spacial score (nSPS) is 19.7. The lowest BCUT2D eigenvalue weighted by molar-refractivity contribution is -0.384. The van der Waals surface area contributed by atoms with Crippen LogP contribution in [0.5, 0.6) is 0 Å². The Labute approximate surface area is 124 Å². The third kappa shape index (κ3) is 3.42. The molecule has 0 spiro atoms. The summed E-state index contributed by atoms with van der Waals surface area (Å²) in [4.78, 5) is 13.1. The fourth-order valence-electron chi connectivity index (χ4n) is 2.88. The van der Waals surface area contributed by atoms with Gasteiger partial charge in [0.25, 0.3) is 5.69 Å². The molecule has 0 N–H and O–H groups in total. The van der Waals surface area contributed by atoms with Gasteiger partial charge in [0.05, 0.1) is 4.92 Å². The van der Waals surface area contributed by atoms with E-state index >= 15 is 0 Å². The van der Waals surface area contributed by atoms with Gasteiger partial charge in [-0.05, 0) is 36.8 Å². The zero-order chi connectivity index (χ0) is 14.5. The minimum absolute atomic E-state index is 0.179. The van der Waals surface area contributed by atoms with Crippen molar-refractivity contribution >= 4 is 23.0 Å². The molecule has 1 heterocycles. The lowest BCUT2D eigenvalue weighted by Gasteiger charge is -2.22. The molecule has 1 saturated heterocycles. The topological polar surface area (TPSA) is 46.4 Å². The smallest absolute Gasteiger partial charge is 0.292 e. The maximum atomic E-state index is 11.3. The van der Waals surface area contributed by atoms with Gasteiger partial charge in [-0.3, -0.25) is 10.1 Å². The average molecular weight is 297 g/mol. The van der Waals surface area contributed by atoms with E-state index in [1.54, 1.807) is 6.07 Å². The third-order valence-corrected chi connectivity index (χ3v) is 4.47. The highest BCUT2D eigenvalue weighted by molar-refractivity contribution is 6.17. The van der Waals surface area contributed by atoms with Crippen LogP contribution in [0.25, 0.3) is 0 Å². The molecule has 0 aliphatic carbocycles. The van der Waals surface area contributed by atoms with Gasteiger partial charge in [-0.2, -0.15) is 0 Å². The molecule has 1 aromatic rings. The molecule has 2 rings (SSSR count). The molecule has 1 aliphatic heterocycles. The van der Waals surface area contributed by atoms with E-state index in [0.29, 0.717) is 5.88 Å². The average Bonchev–Trinajstić information content (AvgIpc) is 2.71. The molecule has 1 unspecified atom stereocenters. The molecule has 1 fully saturated rings. The van der Waals surface area contributed by atoms with E-state index < -0.39 is 0 Å². The fraction of sp³-hybridized carbons (Fsp3) is 0.600. The molecule has 1 aromatic carbocycles. The van der Waals surface area contributed by atoms with Crippen molar-refractivity contribution in [3.05, 3.63) is 33.9 Å². The SMILES string of the molecule is CCC1CCCN(c2ccc(CCl)cc2[N+](=O)[O-])CC1. The molecule has 1 aliphatic rings. The summed E-state index contributed by atoms with van der Waals surface area (Å²) in [6.45, 7) is 4.02. The summed E-state index contributed by atoms with van der Waals surface area (Å²) in [6.07, 6.45) is 4.64. The second-order valence-corrected chi connectivity index (χ2v) is 5.67. The summed E-state index contributed by atoms with van der Waals surface area (Å²) in [6, 6.07) is 5.34. The second-order valence-electron chi connectivity index (χ2n) is 5.41. The van der Waals surface area contributed by atoms with Crippen LogP contribution in [0.3, 0.4) is 0 Å². The monoisotopic (exact) mass is 296 g/mol. The number of nitrogens with zero attached hydrogens (tertiary/aromatic N) is 2. The Morgan fingerprint density at radius 1 is 1.40 bits per heavy atom. The van der Waals surface area contributed by atoms with Gasteiger partial charge in [0, 0.05) is 25.0 Å². The summed E-state index contributed by atoms with van der Waals surface area (Å²) in [7, 11) is 0.